The van der Waals surface area contributed by atoms with Crippen LogP contribution in [0.4, 0.5) is 18.9 Å². The van der Waals surface area contributed by atoms with Crippen molar-refractivity contribution in [2.24, 2.45) is 0 Å². The molecule has 0 heterocycles. The van der Waals surface area contributed by atoms with E-state index < -0.39 is 23.4 Å². The van der Waals surface area contributed by atoms with Crippen molar-refractivity contribution in [1.29, 1.82) is 0 Å². The largest absolute Gasteiger partial charge is 0.326 e. The van der Waals surface area contributed by atoms with E-state index in [1.54, 1.807) is 24.3 Å². The van der Waals surface area contributed by atoms with Crippen LogP contribution in [0, 0.1) is 17.5 Å². The molecule has 1 amide bonds. The molecule has 0 saturated carbocycles. The van der Waals surface area contributed by atoms with Crippen molar-refractivity contribution in [3.8, 4) is 0 Å². The van der Waals surface area contributed by atoms with Crippen molar-refractivity contribution in [1.82, 2.24) is 0 Å². The molecule has 0 saturated heterocycles. The number of nitrogens with one attached hydrogen (secondary N) is 1. The smallest absolute Gasteiger partial charge is 0.228 e. The summed E-state index contributed by atoms with van der Waals surface area (Å²) < 4.78 is 38.8. The fourth-order valence-electron chi connectivity index (χ4n) is 1.73. The molecule has 0 aromatic heterocycles. The topological polar surface area (TPSA) is 46.2 Å². The molecule has 0 radical (unpaired) electrons. The van der Waals surface area contributed by atoms with E-state index in [1.165, 1.54) is 0 Å². The van der Waals surface area contributed by atoms with Gasteiger partial charge < -0.3 is 5.32 Å². The number of aldehydes is 1. The second-order valence-electron chi connectivity index (χ2n) is 4.34. The molecular formula is C15H10F3NO2. The maximum absolute atomic E-state index is 13.0. The fourth-order valence-corrected chi connectivity index (χ4v) is 1.73. The predicted molar refractivity (Wildman–Crippen MR) is 70.5 cm³/mol. The summed E-state index contributed by atoms with van der Waals surface area (Å²) in [5, 5.41) is 2.27. The number of amides is 1. The van der Waals surface area contributed by atoms with Crippen LogP contribution in [0.25, 0.3) is 0 Å². The Morgan fingerprint density at radius 3 is 2.14 bits per heavy atom. The average Bonchev–Trinajstić information content (AvgIpc) is 2.45. The normalized spacial score (nSPS) is 10.2. The first kappa shape index (κ1) is 14.8. The van der Waals surface area contributed by atoms with E-state index in [4.69, 9.17) is 0 Å². The van der Waals surface area contributed by atoms with Crippen LogP contribution in [0.15, 0.2) is 36.4 Å². The molecule has 0 atom stereocenters. The van der Waals surface area contributed by atoms with Crippen molar-refractivity contribution in [3.05, 3.63) is 65.0 Å². The molecule has 0 aliphatic heterocycles. The Bertz CT molecular complexity index is 661. The van der Waals surface area contributed by atoms with Crippen LogP contribution < -0.4 is 5.32 Å². The lowest BCUT2D eigenvalue weighted by molar-refractivity contribution is -0.115. The van der Waals surface area contributed by atoms with E-state index in [0.717, 1.165) is 0 Å². The number of carbonyl (C=O) groups is 2. The van der Waals surface area contributed by atoms with Crippen LogP contribution in [0.5, 0.6) is 0 Å². The molecule has 2 aromatic carbocycles. The molecule has 0 fully saturated rings. The molecule has 108 valence electrons. The lowest BCUT2D eigenvalue weighted by atomic mass is 10.1. The van der Waals surface area contributed by atoms with E-state index >= 15 is 0 Å². The quantitative estimate of drug-likeness (QED) is 0.695. The number of hydrogen-bond acceptors (Lipinski definition) is 2. The maximum Gasteiger partial charge on any atom is 0.228 e. The minimum atomic E-state index is -1.59. The van der Waals surface area contributed by atoms with E-state index in [1.807, 2.05) is 0 Å². The molecule has 2 aromatic rings. The third-order valence-corrected chi connectivity index (χ3v) is 2.75. The van der Waals surface area contributed by atoms with Gasteiger partial charge in [0.1, 0.15) is 6.29 Å². The summed E-state index contributed by atoms with van der Waals surface area (Å²) in [6.45, 7) is 0. The fraction of sp³-hybridized carbons (Fsp3) is 0.0667. The van der Waals surface area contributed by atoms with Gasteiger partial charge >= 0.3 is 0 Å². The summed E-state index contributed by atoms with van der Waals surface area (Å²) in [6, 6.07) is 7.68. The average molecular weight is 293 g/mol. The maximum atomic E-state index is 13.0. The number of rotatable bonds is 4. The molecular weight excluding hydrogens is 283 g/mol. The summed E-state index contributed by atoms with van der Waals surface area (Å²) in [5.74, 6) is -4.85. The summed E-state index contributed by atoms with van der Waals surface area (Å²) in [6.07, 6.45) is 0.633. The van der Waals surface area contributed by atoms with Gasteiger partial charge in [-0.3, -0.25) is 9.59 Å². The zero-order valence-corrected chi connectivity index (χ0v) is 10.7. The van der Waals surface area contributed by atoms with Crippen LogP contribution in [0.3, 0.4) is 0 Å². The van der Waals surface area contributed by atoms with E-state index in [0.29, 0.717) is 29.5 Å². The summed E-state index contributed by atoms with van der Waals surface area (Å²) in [4.78, 5) is 22.2. The predicted octanol–water partition coefficient (Wildman–Crippen LogP) is 3.10. The molecule has 3 nitrogen and oxygen atoms in total. The summed E-state index contributed by atoms with van der Waals surface area (Å²) >= 11 is 0. The van der Waals surface area contributed by atoms with Crippen molar-refractivity contribution in [2.75, 3.05) is 5.32 Å². The Morgan fingerprint density at radius 2 is 1.62 bits per heavy atom. The molecule has 0 aliphatic rings. The highest BCUT2D eigenvalue weighted by atomic mass is 19.2. The highest BCUT2D eigenvalue weighted by molar-refractivity contribution is 5.92. The third kappa shape index (κ3) is 3.68. The zero-order chi connectivity index (χ0) is 15.4. The molecule has 0 unspecified atom stereocenters. The van der Waals surface area contributed by atoms with Crippen LogP contribution in [-0.2, 0) is 11.2 Å². The van der Waals surface area contributed by atoms with Crippen molar-refractivity contribution in [2.45, 2.75) is 6.42 Å². The van der Waals surface area contributed by atoms with Gasteiger partial charge in [-0.25, -0.2) is 13.2 Å². The molecule has 6 heteroatoms. The van der Waals surface area contributed by atoms with Gasteiger partial charge in [-0.05, 0) is 5.56 Å². The third-order valence-electron chi connectivity index (χ3n) is 2.75. The molecule has 1 N–H and O–H groups in total. The van der Waals surface area contributed by atoms with Gasteiger partial charge in [-0.1, -0.05) is 24.3 Å². The summed E-state index contributed by atoms with van der Waals surface area (Å²) in [7, 11) is 0. The highest BCUT2D eigenvalue weighted by Gasteiger charge is 2.12. The molecule has 0 bridgehead atoms. The Balaban J connectivity index is 2.05. The van der Waals surface area contributed by atoms with Crippen LogP contribution in [0.2, 0.25) is 0 Å². The Labute approximate surface area is 118 Å². The van der Waals surface area contributed by atoms with Gasteiger partial charge in [0.15, 0.2) is 17.5 Å². The minimum absolute atomic E-state index is 0.0419. The van der Waals surface area contributed by atoms with Gasteiger partial charge in [0.2, 0.25) is 5.91 Å². The van der Waals surface area contributed by atoms with Gasteiger partial charge in [-0.15, -0.1) is 0 Å². The summed E-state index contributed by atoms with van der Waals surface area (Å²) in [5.41, 5.74) is 0.934. The van der Waals surface area contributed by atoms with Gasteiger partial charge in [0.25, 0.3) is 0 Å². The molecule has 2 rings (SSSR count). The SMILES string of the molecule is O=Cc1ccc(CC(=O)Nc2cc(F)c(F)c(F)c2)cc1. The Morgan fingerprint density at radius 1 is 1.05 bits per heavy atom. The Kier molecular flexibility index (Phi) is 4.37. The lowest BCUT2D eigenvalue weighted by Crippen LogP contribution is -2.15. The number of anilines is 1. The second kappa shape index (κ2) is 6.21. The monoisotopic (exact) mass is 293 g/mol. The van der Waals surface area contributed by atoms with Crippen molar-refractivity contribution < 1.29 is 22.8 Å². The lowest BCUT2D eigenvalue weighted by Gasteiger charge is -2.06. The van der Waals surface area contributed by atoms with E-state index in [-0.39, 0.29) is 12.1 Å². The molecule has 0 spiro atoms. The number of carbonyl (C=O) groups excluding carboxylic acids is 2. The zero-order valence-electron chi connectivity index (χ0n) is 10.7. The minimum Gasteiger partial charge on any atom is -0.326 e. The van der Waals surface area contributed by atoms with Gasteiger partial charge in [0.05, 0.1) is 6.42 Å². The first-order valence-electron chi connectivity index (χ1n) is 5.98. The highest BCUT2D eigenvalue weighted by Crippen LogP contribution is 2.17. The number of halogens is 3. The van der Waals surface area contributed by atoms with Crippen molar-refractivity contribution in [3.63, 3.8) is 0 Å². The first-order chi connectivity index (χ1) is 9.99. The van der Waals surface area contributed by atoms with Gasteiger partial charge in [-0.2, -0.15) is 0 Å². The van der Waals surface area contributed by atoms with E-state index in [9.17, 15) is 22.8 Å². The van der Waals surface area contributed by atoms with Crippen LogP contribution >= 0.6 is 0 Å². The van der Waals surface area contributed by atoms with E-state index in [2.05, 4.69) is 5.32 Å². The standard InChI is InChI=1S/C15H10F3NO2/c16-12-6-11(7-13(17)15(12)18)19-14(21)5-9-1-3-10(8-20)4-2-9/h1-4,6-8H,5H2,(H,19,21). The number of benzene rings is 2. The van der Waals surface area contributed by atoms with Crippen LogP contribution in [0.1, 0.15) is 15.9 Å². The Hall–Kier alpha value is -2.63. The first-order valence-corrected chi connectivity index (χ1v) is 5.98. The second-order valence-corrected chi connectivity index (χ2v) is 4.34. The molecule has 0 aliphatic carbocycles. The van der Waals surface area contributed by atoms with Gasteiger partial charge in [0, 0.05) is 23.4 Å². The molecule has 21 heavy (non-hydrogen) atoms. The van der Waals surface area contributed by atoms with Crippen LogP contribution in [-0.4, -0.2) is 12.2 Å². The van der Waals surface area contributed by atoms with Crippen molar-refractivity contribution >= 4 is 17.9 Å². The number of hydrogen-bond donors (Lipinski definition) is 1.